The highest BCUT2D eigenvalue weighted by Crippen LogP contribution is 2.37. The molecule has 0 amide bonds. The maximum Gasteiger partial charge on any atom is 0.418 e. The molecule has 9 heteroatoms. The van der Waals surface area contributed by atoms with Crippen molar-refractivity contribution in [2.24, 2.45) is 0 Å². The molecule has 0 heterocycles. The van der Waals surface area contributed by atoms with Gasteiger partial charge in [0.15, 0.2) is 6.40 Å². The van der Waals surface area contributed by atoms with Gasteiger partial charge in [-0.3, -0.25) is 10.8 Å². The van der Waals surface area contributed by atoms with E-state index in [0.29, 0.717) is 29.8 Å². The Morgan fingerprint density at radius 3 is 2.23 bits per heavy atom. The highest BCUT2D eigenvalue weighted by atomic mass is 19.4. The fraction of sp³-hybridized carbons (Fsp3) is 0.238. The number of benzene rings is 2. The van der Waals surface area contributed by atoms with Gasteiger partial charge in [0.2, 0.25) is 5.90 Å². The van der Waals surface area contributed by atoms with Gasteiger partial charge in [0, 0.05) is 17.8 Å². The van der Waals surface area contributed by atoms with Crippen LogP contribution in [0, 0.1) is 40.4 Å². The van der Waals surface area contributed by atoms with E-state index >= 15 is 0 Å². The SMILES string of the molecule is CCCNc1ccc(C#N)c(C(F)(F)F)c1C.N#Cc1ccc(C(=N)OC=N)cc1. The molecule has 0 unspecified atom stereocenters. The standard InChI is InChI=1S/C12H13F3N2.C9H7N3O/c1-3-6-17-10-5-4-9(7-16)11(8(10)2)12(13,14)15;10-5-7-1-3-8(4-2-7)9(12)13-6-11/h4-5,17H,3,6H2,1-2H3;1-4,6,11-12H. The summed E-state index contributed by atoms with van der Waals surface area (Å²) >= 11 is 0. The maximum absolute atomic E-state index is 12.8. The minimum absolute atomic E-state index is 0.0741. The first kappa shape index (κ1) is 24.2. The van der Waals surface area contributed by atoms with Gasteiger partial charge >= 0.3 is 6.18 Å². The van der Waals surface area contributed by atoms with E-state index in [1.807, 2.05) is 13.0 Å². The van der Waals surface area contributed by atoms with Crippen molar-refractivity contribution >= 4 is 18.0 Å². The van der Waals surface area contributed by atoms with Crippen LogP contribution in [0.1, 0.15) is 41.2 Å². The smallest absolute Gasteiger partial charge is 0.418 e. The third-order valence-electron chi connectivity index (χ3n) is 3.89. The lowest BCUT2D eigenvalue weighted by atomic mass is 10.00. The number of hydrogen-bond acceptors (Lipinski definition) is 6. The van der Waals surface area contributed by atoms with E-state index in [-0.39, 0.29) is 17.0 Å². The summed E-state index contributed by atoms with van der Waals surface area (Å²) in [6, 6.07) is 12.7. The zero-order chi connectivity index (χ0) is 22.7. The molecular formula is C21H20F3N5O. The third kappa shape index (κ3) is 6.64. The van der Waals surface area contributed by atoms with Crippen molar-refractivity contribution in [1.82, 2.24) is 0 Å². The molecule has 0 atom stereocenters. The zero-order valence-corrected chi connectivity index (χ0v) is 16.4. The molecule has 0 saturated carbocycles. The predicted molar refractivity (Wildman–Crippen MR) is 108 cm³/mol. The summed E-state index contributed by atoms with van der Waals surface area (Å²) in [5.41, 5.74) is 0.398. The lowest BCUT2D eigenvalue weighted by Crippen LogP contribution is -2.13. The molecule has 2 aromatic carbocycles. The second-order valence-electron chi connectivity index (χ2n) is 5.95. The number of nitrogens with zero attached hydrogens (tertiary/aromatic N) is 2. The molecule has 156 valence electrons. The monoisotopic (exact) mass is 415 g/mol. The van der Waals surface area contributed by atoms with Crippen LogP contribution < -0.4 is 5.32 Å². The molecule has 0 saturated heterocycles. The van der Waals surface area contributed by atoms with Crippen LogP contribution in [-0.4, -0.2) is 18.8 Å². The number of rotatable bonds is 5. The van der Waals surface area contributed by atoms with Gasteiger partial charge in [-0.15, -0.1) is 0 Å². The van der Waals surface area contributed by atoms with E-state index in [2.05, 4.69) is 10.1 Å². The van der Waals surface area contributed by atoms with Crippen molar-refractivity contribution in [2.45, 2.75) is 26.4 Å². The van der Waals surface area contributed by atoms with Crippen LogP contribution in [0.5, 0.6) is 0 Å². The Balaban J connectivity index is 0.000000311. The van der Waals surface area contributed by atoms with Crippen molar-refractivity contribution in [2.75, 3.05) is 11.9 Å². The van der Waals surface area contributed by atoms with Crippen LogP contribution in [0.4, 0.5) is 18.9 Å². The molecule has 0 aliphatic rings. The van der Waals surface area contributed by atoms with Crippen LogP contribution in [0.25, 0.3) is 0 Å². The molecule has 6 nitrogen and oxygen atoms in total. The summed E-state index contributed by atoms with van der Waals surface area (Å²) < 4.78 is 43.0. The van der Waals surface area contributed by atoms with Crippen molar-refractivity contribution in [1.29, 1.82) is 21.3 Å². The molecule has 0 radical (unpaired) electrons. The van der Waals surface area contributed by atoms with E-state index in [9.17, 15) is 13.2 Å². The Hall–Kier alpha value is -3.85. The Morgan fingerprint density at radius 2 is 1.77 bits per heavy atom. The van der Waals surface area contributed by atoms with E-state index in [0.717, 1.165) is 6.42 Å². The normalized spacial score (nSPS) is 9.97. The number of alkyl halides is 3. The fourth-order valence-electron chi connectivity index (χ4n) is 2.44. The molecule has 0 aromatic heterocycles. The minimum atomic E-state index is -4.50. The van der Waals surface area contributed by atoms with Crippen LogP contribution >= 0.6 is 0 Å². The Bertz CT molecular complexity index is 970. The number of nitriles is 2. The maximum atomic E-state index is 12.8. The van der Waals surface area contributed by atoms with E-state index < -0.39 is 11.7 Å². The van der Waals surface area contributed by atoms with Crippen LogP contribution in [0.2, 0.25) is 0 Å². The molecule has 0 fully saturated rings. The number of hydrogen-bond donors (Lipinski definition) is 3. The summed E-state index contributed by atoms with van der Waals surface area (Å²) in [6.45, 7) is 3.91. The van der Waals surface area contributed by atoms with Gasteiger partial charge < -0.3 is 10.1 Å². The zero-order valence-electron chi connectivity index (χ0n) is 16.4. The number of ether oxygens (including phenoxy) is 1. The van der Waals surface area contributed by atoms with Crippen molar-refractivity contribution < 1.29 is 17.9 Å². The highest BCUT2D eigenvalue weighted by Gasteiger charge is 2.36. The summed E-state index contributed by atoms with van der Waals surface area (Å²) in [7, 11) is 0. The minimum Gasteiger partial charge on any atom is -0.428 e. The van der Waals surface area contributed by atoms with Crippen LogP contribution in [-0.2, 0) is 10.9 Å². The number of anilines is 1. The van der Waals surface area contributed by atoms with Crippen molar-refractivity contribution in [3.8, 4) is 12.1 Å². The molecule has 0 bridgehead atoms. The number of halogens is 3. The van der Waals surface area contributed by atoms with E-state index in [1.165, 1.54) is 19.1 Å². The third-order valence-corrected chi connectivity index (χ3v) is 3.89. The second-order valence-corrected chi connectivity index (χ2v) is 5.95. The molecular weight excluding hydrogens is 395 g/mol. The van der Waals surface area contributed by atoms with Crippen LogP contribution in [0.3, 0.4) is 0 Å². The summed E-state index contributed by atoms with van der Waals surface area (Å²) in [5.74, 6) is -0.0977. The summed E-state index contributed by atoms with van der Waals surface area (Å²) in [5, 5.41) is 34.0. The Kier molecular flexibility index (Phi) is 9.05. The highest BCUT2D eigenvalue weighted by molar-refractivity contribution is 5.95. The van der Waals surface area contributed by atoms with Crippen LogP contribution in [0.15, 0.2) is 36.4 Å². The van der Waals surface area contributed by atoms with Gasteiger partial charge in [0.25, 0.3) is 0 Å². The van der Waals surface area contributed by atoms with Gasteiger partial charge in [-0.2, -0.15) is 23.7 Å². The molecule has 0 aliphatic heterocycles. The summed E-state index contributed by atoms with van der Waals surface area (Å²) in [6.07, 6.45) is -2.99. The first-order chi connectivity index (χ1) is 14.2. The van der Waals surface area contributed by atoms with E-state index in [1.54, 1.807) is 30.3 Å². The molecule has 30 heavy (non-hydrogen) atoms. The van der Waals surface area contributed by atoms with Gasteiger partial charge in [-0.25, -0.2) is 0 Å². The van der Waals surface area contributed by atoms with Gasteiger partial charge in [-0.1, -0.05) is 6.92 Å². The lowest BCUT2D eigenvalue weighted by molar-refractivity contribution is -0.138. The van der Waals surface area contributed by atoms with E-state index in [4.69, 9.17) is 21.3 Å². The summed E-state index contributed by atoms with van der Waals surface area (Å²) in [4.78, 5) is 0. The molecule has 0 spiro atoms. The molecule has 3 N–H and O–H groups in total. The predicted octanol–water partition coefficient (Wildman–Crippen LogP) is 5.21. The topological polar surface area (TPSA) is 117 Å². The van der Waals surface area contributed by atoms with Gasteiger partial charge in [0.05, 0.1) is 28.8 Å². The molecule has 2 aromatic rings. The molecule has 0 aliphatic carbocycles. The number of nitrogens with one attached hydrogen (secondary N) is 3. The Labute approximate surface area is 172 Å². The Morgan fingerprint density at radius 1 is 1.13 bits per heavy atom. The molecule has 2 rings (SSSR count). The average Bonchev–Trinajstić information content (AvgIpc) is 2.72. The largest absolute Gasteiger partial charge is 0.428 e. The van der Waals surface area contributed by atoms with Gasteiger partial charge in [0.1, 0.15) is 0 Å². The van der Waals surface area contributed by atoms with Crippen molar-refractivity contribution in [3.63, 3.8) is 0 Å². The lowest BCUT2D eigenvalue weighted by Gasteiger charge is -2.16. The average molecular weight is 415 g/mol. The van der Waals surface area contributed by atoms with Gasteiger partial charge in [-0.05, 0) is 55.3 Å². The fourth-order valence-corrected chi connectivity index (χ4v) is 2.44. The quantitative estimate of drug-likeness (QED) is 0.459. The first-order valence-corrected chi connectivity index (χ1v) is 8.79. The second kappa shape index (κ2) is 11.2. The van der Waals surface area contributed by atoms with Crippen molar-refractivity contribution in [3.05, 3.63) is 64.2 Å². The first-order valence-electron chi connectivity index (χ1n) is 8.79.